The highest BCUT2D eigenvalue weighted by molar-refractivity contribution is 5.43. The Labute approximate surface area is 124 Å². The van der Waals surface area contributed by atoms with Crippen molar-refractivity contribution in [3.8, 4) is 0 Å². The average Bonchev–Trinajstić information content (AvgIpc) is 3.00. The van der Waals surface area contributed by atoms with Gasteiger partial charge in [0.05, 0.1) is 19.3 Å². The molecule has 1 aliphatic rings. The minimum atomic E-state index is 0.122. The van der Waals surface area contributed by atoms with E-state index in [2.05, 4.69) is 20.0 Å². The third kappa shape index (κ3) is 3.30. The number of hydrogen-bond donors (Lipinski definition) is 0. The van der Waals surface area contributed by atoms with Gasteiger partial charge >= 0.3 is 0 Å². The van der Waals surface area contributed by atoms with Crippen molar-refractivity contribution in [2.45, 2.75) is 12.6 Å². The van der Waals surface area contributed by atoms with E-state index < -0.39 is 0 Å². The molecule has 1 unspecified atom stereocenters. The summed E-state index contributed by atoms with van der Waals surface area (Å²) in [7, 11) is 3.89. The molecule has 1 aliphatic heterocycles. The predicted molar refractivity (Wildman–Crippen MR) is 80.5 cm³/mol. The van der Waals surface area contributed by atoms with Crippen molar-refractivity contribution in [1.82, 2.24) is 19.7 Å². The summed E-state index contributed by atoms with van der Waals surface area (Å²) in [5.74, 6) is 1.67. The van der Waals surface area contributed by atoms with Crippen LogP contribution in [0.3, 0.4) is 0 Å². The maximum atomic E-state index is 5.82. The first-order valence-electron chi connectivity index (χ1n) is 7.07. The normalized spacial score (nSPS) is 18.8. The monoisotopic (exact) mass is 288 g/mol. The van der Waals surface area contributed by atoms with Gasteiger partial charge in [0.2, 0.25) is 5.95 Å². The van der Waals surface area contributed by atoms with Gasteiger partial charge in [-0.1, -0.05) is 0 Å². The molecule has 0 spiro atoms. The molecule has 3 heterocycles. The van der Waals surface area contributed by atoms with E-state index in [9.17, 15) is 0 Å². The molecule has 3 rings (SSSR count). The van der Waals surface area contributed by atoms with Crippen LogP contribution in [0.4, 0.5) is 11.8 Å². The summed E-state index contributed by atoms with van der Waals surface area (Å²) in [5.41, 5.74) is 0. The molecule has 0 bridgehead atoms. The minimum Gasteiger partial charge on any atom is -0.373 e. The second kappa shape index (κ2) is 6.09. The number of ether oxygens (including phenoxy) is 1. The molecule has 0 amide bonds. The van der Waals surface area contributed by atoms with Crippen LogP contribution in [0, 0.1) is 0 Å². The number of hydrogen-bond acceptors (Lipinski definition) is 6. The van der Waals surface area contributed by atoms with Crippen LogP contribution in [0.25, 0.3) is 0 Å². The second-order valence-corrected chi connectivity index (χ2v) is 5.28. The zero-order valence-corrected chi connectivity index (χ0v) is 12.4. The van der Waals surface area contributed by atoms with Gasteiger partial charge in [-0.25, -0.2) is 4.98 Å². The number of morpholine rings is 1. The van der Waals surface area contributed by atoms with Gasteiger partial charge in [-0.2, -0.15) is 10.1 Å². The maximum Gasteiger partial charge on any atom is 0.226 e. The Bertz CT molecular complexity index is 571. The molecule has 21 heavy (non-hydrogen) atoms. The van der Waals surface area contributed by atoms with Crippen molar-refractivity contribution < 1.29 is 4.74 Å². The van der Waals surface area contributed by atoms with Gasteiger partial charge in [0.1, 0.15) is 5.82 Å². The first kappa shape index (κ1) is 13.8. The molecule has 1 atom stereocenters. The van der Waals surface area contributed by atoms with E-state index in [0.29, 0.717) is 6.61 Å². The van der Waals surface area contributed by atoms with Gasteiger partial charge in [0, 0.05) is 45.8 Å². The molecule has 1 saturated heterocycles. The largest absolute Gasteiger partial charge is 0.373 e. The quantitative estimate of drug-likeness (QED) is 0.823. The van der Waals surface area contributed by atoms with E-state index >= 15 is 0 Å². The zero-order chi connectivity index (χ0) is 14.7. The van der Waals surface area contributed by atoms with E-state index in [0.717, 1.165) is 31.4 Å². The van der Waals surface area contributed by atoms with Crippen molar-refractivity contribution in [3.05, 3.63) is 30.7 Å². The fourth-order valence-electron chi connectivity index (χ4n) is 2.39. The lowest BCUT2D eigenvalue weighted by atomic mass is 10.2. The van der Waals surface area contributed by atoms with Crippen LogP contribution >= 0.6 is 0 Å². The van der Waals surface area contributed by atoms with Gasteiger partial charge in [0.15, 0.2) is 0 Å². The summed E-state index contributed by atoms with van der Waals surface area (Å²) >= 11 is 0. The van der Waals surface area contributed by atoms with E-state index in [4.69, 9.17) is 4.74 Å². The van der Waals surface area contributed by atoms with E-state index in [1.807, 2.05) is 42.0 Å². The molecule has 112 valence electrons. The smallest absolute Gasteiger partial charge is 0.226 e. The van der Waals surface area contributed by atoms with Crippen LogP contribution in [-0.2, 0) is 11.3 Å². The average molecular weight is 288 g/mol. The van der Waals surface area contributed by atoms with Gasteiger partial charge in [-0.05, 0) is 12.1 Å². The van der Waals surface area contributed by atoms with Gasteiger partial charge in [-0.3, -0.25) is 4.68 Å². The molecular formula is C14H20N6O. The highest BCUT2D eigenvalue weighted by Gasteiger charge is 2.22. The fraction of sp³-hybridized carbons (Fsp3) is 0.500. The summed E-state index contributed by atoms with van der Waals surface area (Å²) in [6, 6.07) is 3.87. The lowest BCUT2D eigenvalue weighted by Crippen LogP contribution is -2.44. The third-order valence-corrected chi connectivity index (χ3v) is 3.44. The summed E-state index contributed by atoms with van der Waals surface area (Å²) in [4.78, 5) is 13.0. The maximum absolute atomic E-state index is 5.82. The molecular weight excluding hydrogens is 268 g/mol. The number of aromatic nitrogens is 4. The summed E-state index contributed by atoms with van der Waals surface area (Å²) in [6.07, 6.45) is 5.66. The van der Waals surface area contributed by atoms with Crippen LogP contribution in [0.2, 0.25) is 0 Å². The van der Waals surface area contributed by atoms with Crippen LogP contribution in [0.1, 0.15) is 0 Å². The zero-order valence-electron chi connectivity index (χ0n) is 12.4. The van der Waals surface area contributed by atoms with Crippen molar-refractivity contribution in [2.75, 3.05) is 43.6 Å². The van der Waals surface area contributed by atoms with Crippen molar-refractivity contribution in [1.29, 1.82) is 0 Å². The van der Waals surface area contributed by atoms with Crippen molar-refractivity contribution >= 4 is 11.8 Å². The lowest BCUT2D eigenvalue weighted by Gasteiger charge is -2.33. The van der Waals surface area contributed by atoms with Gasteiger partial charge in [0.25, 0.3) is 0 Å². The summed E-state index contributed by atoms with van der Waals surface area (Å²) in [5, 5.41) is 4.23. The van der Waals surface area contributed by atoms with Crippen molar-refractivity contribution in [2.24, 2.45) is 0 Å². The SMILES string of the molecule is CN(C)c1nccc(N2CCOC(Cn3cccn3)C2)n1. The second-order valence-electron chi connectivity index (χ2n) is 5.28. The third-order valence-electron chi connectivity index (χ3n) is 3.44. The molecule has 0 aromatic carbocycles. The standard InChI is InChI=1S/C14H20N6O/c1-18(2)14-15-6-4-13(17-14)19-8-9-21-12(10-19)11-20-7-3-5-16-20/h3-7,12H,8-11H2,1-2H3. The van der Waals surface area contributed by atoms with Crippen LogP contribution in [0.5, 0.6) is 0 Å². The molecule has 0 saturated carbocycles. The molecule has 2 aromatic heterocycles. The summed E-state index contributed by atoms with van der Waals surface area (Å²) < 4.78 is 7.73. The van der Waals surface area contributed by atoms with Crippen LogP contribution < -0.4 is 9.80 Å². The first-order chi connectivity index (χ1) is 10.2. The Morgan fingerprint density at radius 2 is 2.29 bits per heavy atom. The molecule has 1 fully saturated rings. The Balaban J connectivity index is 1.69. The van der Waals surface area contributed by atoms with Gasteiger partial charge in [-0.15, -0.1) is 0 Å². The molecule has 7 nitrogen and oxygen atoms in total. The summed E-state index contributed by atoms with van der Waals surface area (Å²) in [6.45, 7) is 3.12. The van der Waals surface area contributed by atoms with E-state index in [1.54, 1.807) is 12.4 Å². The first-order valence-corrected chi connectivity index (χ1v) is 7.07. The highest BCUT2D eigenvalue weighted by atomic mass is 16.5. The molecule has 0 radical (unpaired) electrons. The van der Waals surface area contributed by atoms with E-state index in [1.165, 1.54) is 0 Å². The fourth-order valence-corrected chi connectivity index (χ4v) is 2.39. The van der Waals surface area contributed by atoms with Crippen LogP contribution in [-0.4, -0.2) is 59.6 Å². The number of rotatable bonds is 4. The number of anilines is 2. The Morgan fingerprint density at radius 1 is 1.38 bits per heavy atom. The van der Waals surface area contributed by atoms with Gasteiger partial charge < -0.3 is 14.5 Å². The Morgan fingerprint density at radius 3 is 3.05 bits per heavy atom. The predicted octanol–water partition coefficient (Wildman–Crippen LogP) is 0.644. The minimum absolute atomic E-state index is 0.122. The molecule has 0 N–H and O–H groups in total. The Kier molecular flexibility index (Phi) is 4.01. The van der Waals surface area contributed by atoms with Crippen LogP contribution in [0.15, 0.2) is 30.7 Å². The highest BCUT2D eigenvalue weighted by Crippen LogP contribution is 2.17. The molecule has 2 aromatic rings. The lowest BCUT2D eigenvalue weighted by molar-refractivity contribution is 0.0272. The van der Waals surface area contributed by atoms with Crippen molar-refractivity contribution in [3.63, 3.8) is 0 Å². The van der Waals surface area contributed by atoms with E-state index in [-0.39, 0.29) is 6.10 Å². The number of nitrogens with zero attached hydrogens (tertiary/aromatic N) is 6. The molecule has 0 aliphatic carbocycles. The topological polar surface area (TPSA) is 59.3 Å². The molecule has 7 heteroatoms. The Hall–Kier alpha value is -2.15.